The van der Waals surface area contributed by atoms with Crippen molar-refractivity contribution in [1.82, 2.24) is 5.48 Å². The summed E-state index contributed by atoms with van der Waals surface area (Å²) in [5.41, 5.74) is 3.62. The first kappa shape index (κ1) is 12.7. The van der Waals surface area contributed by atoms with Crippen LogP contribution < -0.4 is 5.48 Å². The van der Waals surface area contributed by atoms with E-state index >= 15 is 0 Å². The van der Waals surface area contributed by atoms with Gasteiger partial charge in [-0.05, 0) is 17.0 Å². The fourth-order valence-electron chi connectivity index (χ4n) is 1.44. The van der Waals surface area contributed by atoms with Gasteiger partial charge in [0.05, 0.1) is 5.56 Å². The first-order chi connectivity index (χ1) is 7.46. The van der Waals surface area contributed by atoms with Gasteiger partial charge in [0.15, 0.2) is 0 Å². The number of hydrogen-bond acceptors (Lipinski definition) is 4. The zero-order valence-electron chi connectivity index (χ0n) is 10.0. The Labute approximate surface area is 95.4 Å². The average Bonchev–Trinajstić information content (AvgIpc) is 2.24. The summed E-state index contributed by atoms with van der Waals surface area (Å²) in [6.45, 7) is 6.12. The van der Waals surface area contributed by atoms with Crippen LogP contribution in [0.4, 0.5) is 0 Å². The van der Waals surface area contributed by atoms with Crippen LogP contribution in [0.1, 0.15) is 36.7 Å². The molecule has 0 spiro atoms. The van der Waals surface area contributed by atoms with Crippen LogP contribution in [0.25, 0.3) is 0 Å². The molecule has 0 fully saturated rings. The predicted molar refractivity (Wildman–Crippen MR) is 60.7 cm³/mol. The Morgan fingerprint density at radius 3 is 2.44 bits per heavy atom. The molecule has 0 aliphatic rings. The summed E-state index contributed by atoms with van der Waals surface area (Å²) in [4.78, 5) is 20.7. The quantitative estimate of drug-likeness (QED) is 0.630. The molecule has 1 N–H and O–H groups in total. The second-order valence-electron chi connectivity index (χ2n) is 4.45. The van der Waals surface area contributed by atoms with Crippen LogP contribution in [0.15, 0.2) is 24.3 Å². The van der Waals surface area contributed by atoms with E-state index in [1.807, 2.05) is 32.9 Å². The lowest BCUT2D eigenvalue weighted by Crippen LogP contribution is -2.20. The van der Waals surface area contributed by atoms with Crippen molar-refractivity contribution in [3.8, 4) is 0 Å². The van der Waals surface area contributed by atoms with Crippen molar-refractivity contribution >= 4 is 5.97 Å². The van der Waals surface area contributed by atoms with Crippen LogP contribution in [-0.2, 0) is 15.3 Å². The third-order valence-electron chi connectivity index (χ3n) is 2.16. The molecule has 0 saturated carbocycles. The molecule has 0 aromatic heterocycles. The molecule has 4 nitrogen and oxygen atoms in total. The molecule has 0 aliphatic heterocycles. The highest BCUT2D eigenvalue weighted by atomic mass is 17.3. The number of rotatable bonds is 3. The highest BCUT2D eigenvalue weighted by Gasteiger charge is 2.22. The summed E-state index contributed by atoms with van der Waals surface area (Å²) < 4.78 is 0. The topological polar surface area (TPSA) is 47.6 Å². The van der Waals surface area contributed by atoms with Crippen molar-refractivity contribution in [2.24, 2.45) is 0 Å². The number of benzene rings is 1. The maximum Gasteiger partial charge on any atom is 0.375 e. The smallest absolute Gasteiger partial charge is 0.274 e. The lowest BCUT2D eigenvalue weighted by molar-refractivity contribution is -0.281. The molecular weight excluding hydrogens is 206 g/mol. The summed E-state index contributed by atoms with van der Waals surface area (Å²) in [6, 6.07) is 7.33. The fourth-order valence-corrected chi connectivity index (χ4v) is 1.44. The van der Waals surface area contributed by atoms with Gasteiger partial charge >= 0.3 is 5.97 Å². The maximum absolute atomic E-state index is 11.7. The summed E-state index contributed by atoms with van der Waals surface area (Å²) in [6.07, 6.45) is 0. The molecule has 0 unspecified atom stereocenters. The van der Waals surface area contributed by atoms with E-state index in [4.69, 9.17) is 0 Å². The van der Waals surface area contributed by atoms with Crippen LogP contribution in [0.5, 0.6) is 0 Å². The first-order valence-corrected chi connectivity index (χ1v) is 5.11. The Morgan fingerprint density at radius 1 is 1.25 bits per heavy atom. The molecule has 1 aromatic carbocycles. The van der Waals surface area contributed by atoms with E-state index < -0.39 is 5.97 Å². The van der Waals surface area contributed by atoms with Gasteiger partial charge in [0, 0.05) is 7.05 Å². The van der Waals surface area contributed by atoms with E-state index in [9.17, 15) is 4.79 Å². The number of carbonyl (C=O) groups is 1. The molecule has 0 bridgehead atoms. The van der Waals surface area contributed by atoms with Gasteiger partial charge in [0.2, 0.25) is 0 Å². The predicted octanol–water partition coefficient (Wildman–Crippen LogP) is 2.21. The highest BCUT2D eigenvalue weighted by Crippen LogP contribution is 2.26. The summed E-state index contributed by atoms with van der Waals surface area (Å²) in [7, 11) is 1.52. The molecule has 1 aromatic rings. The van der Waals surface area contributed by atoms with Crippen molar-refractivity contribution in [3.05, 3.63) is 35.4 Å². The molecule has 4 heteroatoms. The molecule has 88 valence electrons. The molecule has 0 heterocycles. The number of hydroxylamine groups is 1. The molecule has 0 atom stereocenters. The first-order valence-electron chi connectivity index (χ1n) is 5.11. The molecule has 16 heavy (non-hydrogen) atoms. The Morgan fingerprint density at radius 2 is 1.88 bits per heavy atom. The lowest BCUT2D eigenvalue weighted by atomic mass is 9.84. The lowest BCUT2D eigenvalue weighted by Gasteiger charge is -2.21. The summed E-state index contributed by atoms with van der Waals surface area (Å²) in [5.74, 6) is -0.500. The third kappa shape index (κ3) is 3.05. The number of nitrogens with one attached hydrogen (secondary N) is 1. The van der Waals surface area contributed by atoms with Gasteiger partial charge in [-0.1, -0.05) is 44.0 Å². The van der Waals surface area contributed by atoms with Gasteiger partial charge < -0.3 is 0 Å². The van der Waals surface area contributed by atoms with E-state index in [2.05, 4.69) is 15.4 Å². The van der Waals surface area contributed by atoms with Crippen LogP contribution >= 0.6 is 0 Å². The van der Waals surface area contributed by atoms with Gasteiger partial charge in [0.1, 0.15) is 0 Å². The van der Waals surface area contributed by atoms with Crippen molar-refractivity contribution in [3.63, 3.8) is 0 Å². The normalized spacial score (nSPS) is 11.2. The minimum atomic E-state index is -0.500. The minimum absolute atomic E-state index is 0.116. The summed E-state index contributed by atoms with van der Waals surface area (Å²) >= 11 is 0. The van der Waals surface area contributed by atoms with Crippen molar-refractivity contribution in [2.75, 3.05) is 7.05 Å². The van der Waals surface area contributed by atoms with E-state index in [0.29, 0.717) is 5.56 Å². The molecule has 0 aliphatic carbocycles. The Kier molecular flexibility index (Phi) is 4.04. The zero-order valence-corrected chi connectivity index (χ0v) is 10.0. The van der Waals surface area contributed by atoms with Crippen molar-refractivity contribution in [2.45, 2.75) is 26.2 Å². The highest BCUT2D eigenvalue weighted by molar-refractivity contribution is 5.91. The Hall–Kier alpha value is -1.39. The number of carbonyl (C=O) groups excluding carboxylic acids is 1. The largest absolute Gasteiger partial charge is 0.375 e. The monoisotopic (exact) mass is 223 g/mol. The molecule has 1 rings (SSSR count). The molecule has 0 radical (unpaired) electrons. The summed E-state index contributed by atoms with van der Waals surface area (Å²) in [5, 5.41) is 0. The minimum Gasteiger partial charge on any atom is -0.274 e. The molecular formula is C12H17NO3. The Bertz CT molecular complexity index is 369. The third-order valence-corrected chi connectivity index (χ3v) is 2.16. The van der Waals surface area contributed by atoms with Crippen LogP contribution in [0.2, 0.25) is 0 Å². The van der Waals surface area contributed by atoms with E-state index in [1.165, 1.54) is 7.05 Å². The van der Waals surface area contributed by atoms with Gasteiger partial charge in [-0.2, -0.15) is 5.48 Å². The molecule has 0 saturated heterocycles. The van der Waals surface area contributed by atoms with Crippen molar-refractivity contribution < 1.29 is 14.7 Å². The standard InChI is InChI=1S/C12H17NO3/c1-12(2,3)10-8-6-5-7-9(10)11(14)15-16-13-4/h5-8,13H,1-4H3. The Balaban J connectivity index is 3.00. The average molecular weight is 223 g/mol. The van der Waals surface area contributed by atoms with Crippen LogP contribution in [0, 0.1) is 0 Å². The van der Waals surface area contributed by atoms with E-state index in [1.54, 1.807) is 12.1 Å². The zero-order chi connectivity index (χ0) is 12.2. The van der Waals surface area contributed by atoms with E-state index in [-0.39, 0.29) is 5.41 Å². The van der Waals surface area contributed by atoms with E-state index in [0.717, 1.165) is 5.56 Å². The van der Waals surface area contributed by atoms with Crippen molar-refractivity contribution in [1.29, 1.82) is 0 Å². The van der Waals surface area contributed by atoms with Gasteiger partial charge in [0.25, 0.3) is 0 Å². The second kappa shape index (κ2) is 5.09. The van der Waals surface area contributed by atoms with Crippen LogP contribution in [-0.4, -0.2) is 13.0 Å². The molecule has 0 amide bonds. The SMILES string of the molecule is CNOOC(=O)c1ccccc1C(C)(C)C. The maximum atomic E-state index is 11.7. The van der Waals surface area contributed by atoms with Gasteiger partial charge in [-0.3, -0.25) is 4.89 Å². The van der Waals surface area contributed by atoms with Crippen LogP contribution in [0.3, 0.4) is 0 Å². The number of hydrogen-bond donors (Lipinski definition) is 1. The fraction of sp³-hybridized carbons (Fsp3) is 0.417. The van der Waals surface area contributed by atoms with Gasteiger partial charge in [-0.25, -0.2) is 4.79 Å². The van der Waals surface area contributed by atoms with Gasteiger partial charge in [-0.15, -0.1) is 0 Å². The second-order valence-corrected chi connectivity index (χ2v) is 4.45.